The highest BCUT2D eigenvalue weighted by Gasteiger charge is 2.11. The molecule has 1 N–H and O–H groups in total. The molecule has 0 heterocycles. The van der Waals surface area contributed by atoms with E-state index >= 15 is 0 Å². The fourth-order valence-corrected chi connectivity index (χ4v) is 2.07. The molecule has 2 aromatic rings. The number of ketones is 1. The SMILES string of the molecule is COc1cccc(NC(C)CC(=O)c2ccccc2)c1. The summed E-state index contributed by atoms with van der Waals surface area (Å²) in [5, 5.41) is 3.32. The Morgan fingerprint density at radius 1 is 1.15 bits per heavy atom. The van der Waals surface area contributed by atoms with E-state index in [4.69, 9.17) is 4.74 Å². The van der Waals surface area contributed by atoms with Crippen LogP contribution in [0.1, 0.15) is 23.7 Å². The number of rotatable bonds is 6. The second-order valence-electron chi connectivity index (χ2n) is 4.77. The molecule has 0 saturated carbocycles. The van der Waals surface area contributed by atoms with Gasteiger partial charge in [-0.05, 0) is 19.1 Å². The highest BCUT2D eigenvalue weighted by Crippen LogP contribution is 2.18. The Morgan fingerprint density at radius 2 is 1.90 bits per heavy atom. The predicted octanol–water partition coefficient (Wildman–Crippen LogP) is 3.77. The normalized spacial score (nSPS) is 11.7. The first-order valence-electron chi connectivity index (χ1n) is 6.68. The molecule has 0 fully saturated rings. The third-order valence-corrected chi connectivity index (χ3v) is 3.07. The van der Waals surface area contributed by atoms with E-state index in [2.05, 4.69) is 5.32 Å². The molecule has 3 nitrogen and oxygen atoms in total. The zero-order valence-corrected chi connectivity index (χ0v) is 11.8. The maximum Gasteiger partial charge on any atom is 0.164 e. The molecule has 0 aliphatic rings. The van der Waals surface area contributed by atoms with Crippen LogP contribution in [0.15, 0.2) is 54.6 Å². The van der Waals surface area contributed by atoms with Crippen molar-refractivity contribution in [1.29, 1.82) is 0 Å². The third kappa shape index (κ3) is 3.85. The van der Waals surface area contributed by atoms with Gasteiger partial charge in [0.1, 0.15) is 5.75 Å². The lowest BCUT2D eigenvalue weighted by molar-refractivity contribution is 0.0978. The van der Waals surface area contributed by atoms with Crippen molar-refractivity contribution in [2.24, 2.45) is 0 Å². The van der Waals surface area contributed by atoms with Crippen molar-refractivity contribution in [2.45, 2.75) is 19.4 Å². The van der Waals surface area contributed by atoms with E-state index < -0.39 is 0 Å². The van der Waals surface area contributed by atoms with E-state index in [-0.39, 0.29) is 11.8 Å². The lowest BCUT2D eigenvalue weighted by Gasteiger charge is -2.15. The van der Waals surface area contributed by atoms with Gasteiger partial charge < -0.3 is 10.1 Å². The zero-order chi connectivity index (χ0) is 14.4. The van der Waals surface area contributed by atoms with Gasteiger partial charge >= 0.3 is 0 Å². The Hall–Kier alpha value is -2.29. The topological polar surface area (TPSA) is 38.3 Å². The number of carbonyl (C=O) groups excluding carboxylic acids is 1. The van der Waals surface area contributed by atoms with Gasteiger partial charge in [-0.15, -0.1) is 0 Å². The Morgan fingerprint density at radius 3 is 2.60 bits per heavy atom. The minimum atomic E-state index is 0.0646. The summed E-state index contributed by atoms with van der Waals surface area (Å²) in [6.07, 6.45) is 0.460. The van der Waals surface area contributed by atoms with Gasteiger partial charge in [0.15, 0.2) is 5.78 Å². The molecule has 0 aliphatic carbocycles. The fourth-order valence-electron chi connectivity index (χ4n) is 2.07. The summed E-state index contributed by atoms with van der Waals surface area (Å²) in [5.41, 5.74) is 1.71. The predicted molar refractivity (Wildman–Crippen MR) is 81.5 cm³/mol. The number of anilines is 1. The van der Waals surface area contributed by atoms with Crippen LogP contribution < -0.4 is 10.1 Å². The lowest BCUT2D eigenvalue weighted by Crippen LogP contribution is -2.19. The molecule has 2 rings (SSSR count). The first-order chi connectivity index (χ1) is 9.69. The molecular formula is C17H19NO2. The first-order valence-corrected chi connectivity index (χ1v) is 6.68. The fraction of sp³-hybridized carbons (Fsp3) is 0.235. The molecule has 0 radical (unpaired) electrons. The quantitative estimate of drug-likeness (QED) is 0.811. The van der Waals surface area contributed by atoms with Gasteiger partial charge in [0.05, 0.1) is 7.11 Å². The Balaban J connectivity index is 1.95. The summed E-state index contributed by atoms with van der Waals surface area (Å²) >= 11 is 0. The van der Waals surface area contributed by atoms with Gasteiger partial charge in [0.2, 0.25) is 0 Å². The first kappa shape index (κ1) is 14.1. The van der Waals surface area contributed by atoms with Crippen molar-refractivity contribution in [3.63, 3.8) is 0 Å². The highest BCUT2D eigenvalue weighted by atomic mass is 16.5. The van der Waals surface area contributed by atoms with Crippen molar-refractivity contribution < 1.29 is 9.53 Å². The molecule has 1 atom stereocenters. The summed E-state index contributed by atoms with van der Waals surface area (Å²) in [7, 11) is 1.64. The van der Waals surface area contributed by atoms with E-state index in [0.29, 0.717) is 6.42 Å². The maximum absolute atomic E-state index is 12.1. The van der Waals surface area contributed by atoms with Crippen molar-refractivity contribution in [1.82, 2.24) is 0 Å². The smallest absolute Gasteiger partial charge is 0.164 e. The Kier molecular flexibility index (Phi) is 4.77. The van der Waals surface area contributed by atoms with Crippen molar-refractivity contribution >= 4 is 11.5 Å². The second kappa shape index (κ2) is 6.75. The van der Waals surface area contributed by atoms with Gasteiger partial charge in [0, 0.05) is 29.8 Å². The van der Waals surface area contributed by atoms with E-state index in [1.165, 1.54) is 0 Å². The molecule has 104 valence electrons. The average Bonchev–Trinajstić information content (AvgIpc) is 2.48. The summed E-state index contributed by atoms with van der Waals surface area (Å²) in [4.78, 5) is 12.1. The molecular weight excluding hydrogens is 250 g/mol. The van der Waals surface area contributed by atoms with Crippen LogP contribution >= 0.6 is 0 Å². The molecule has 0 saturated heterocycles. The van der Waals surface area contributed by atoms with E-state index in [1.807, 2.05) is 61.5 Å². The second-order valence-corrected chi connectivity index (χ2v) is 4.77. The summed E-state index contributed by atoms with van der Waals surface area (Å²) in [6.45, 7) is 2.00. The Bertz CT molecular complexity index is 566. The van der Waals surface area contributed by atoms with Gasteiger partial charge in [-0.25, -0.2) is 0 Å². The number of benzene rings is 2. The van der Waals surface area contributed by atoms with Crippen molar-refractivity contribution in [3.05, 3.63) is 60.2 Å². The standard InChI is InChI=1S/C17H19NO2/c1-13(11-17(19)14-7-4-3-5-8-14)18-15-9-6-10-16(12-15)20-2/h3-10,12-13,18H,11H2,1-2H3. The number of carbonyl (C=O) groups is 1. The molecule has 20 heavy (non-hydrogen) atoms. The zero-order valence-electron chi connectivity index (χ0n) is 11.8. The average molecular weight is 269 g/mol. The summed E-state index contributed by atoms with van der Waals surface area (Å²) in [6, 6.07) is 17.1. The maximum atomic E-state index is 12.1. The molecule has 0 amide bonds. The monoisotopic (exact) mass is 269 g/mol. The van der Waals surface area contributed by atoms with Crippen molar-refractivity contribution in [2.75, 3.05) is 12.4 Å². The Labute approximate surface area is 119 Å². The molecule has 0 aliphatic heterocycles. The van der Waals surface area contributed by atoms with E-state index in [9.17, 15) is 4.79 Å². The number of ether oxygens (including phenoxy) is 1. The molecule has 3 heteroatoms. The van der Waals surface area contributed by atoms with Gasteiger partial charge in [0.25, 0.3) is 0 Å². The summed E-state index contributed by atoms with van der Waals surface area (Å²) < 4.78 is 5.18. The van der Waals surface area contributed by atoms with Crippen molar-refractivity contribution in [3.8, 4) is 5.75 Å². The van der Waals surface area contributed by atoms with Gasteiger partial charge in [-0.2, -0.15) is 0 Å². The van der Waals surface area contributed by atoms with Gasteiger partial charge in [-0.1, -0.05) is 36.4 Å². The lowest BCUT2D eigenvalue weighted by atomic mass is 10.0. The number of hydrogen-bond donors (Lipinski definition) is 1. The largest absolute Gasteiger partial charge is 0.497 e. The van der Waals surface area contributed by atoms with Crippen LogP contribution in [0.25, 0.3) is 0 Å². The number of methoxy groups -OCH3 is 1. The molecule has 1 unspecified atom stereocenters. The molecule has 2 aromatic carbocycles. The highest BCUT2D eigenvalue weighted by molar-refractivity contribution is 5.96. The van der Waals surface area contributed by atoms with E-state index in [0.717, 1.165) is 17.0 Å². The third-order valence-electron chi connectivity index (χ3n) is 3.07. The van der Waals surface area contributed by atoms with Crippen LogP contribution in [-0.4, -0.2) is 18.9 Å². The number of hydrogen-bond acceptors (Lipinski definition) is 3. The van der Waals surface area contributed by atoms with Crippen LogP contribution in [-0.2, 0) is 0 Å². The number of Topliss-reactive ketones (excluding diaryl/α,β-unsaturated/α-hetero) is 1. The molecule has 0 spiro atoms. The van der Waals surface area contributed by atoms with E-state index in [1.54, 1.807) is 7.11 Å². The van der Waals surface area contributed by atoms with Crippen LogP contribution in [0, 0.1) is 0 Å². The number of nitrogens with one attached hydrogen (secondary N) is 1. The minimum Gasteiger partial charge on any atom is -0.497 e. The molecule has 0 aromatic heterocycles. The summed E-state index contributed by atoms with van der Waals surface area (Å²) in [5.74, 6) is 0.949. The minimum absolute atomic E-state index is 0.0646. The van der Waals surface area contributed by atoms with Crippen LogP contribution in [0.2, 0.25) is 0 Å². The van der Waals surface area contributed by atoms with Crippen LogP contribution in [0.4, 0.5) is 5.69 Å². The molecule has 0 bridgehead atoms. The van der Waals surface area contributed by atoms with Crippen LogP contribution in [0.5, 0.6) is 5.75 Å². The van der Waals surface area contributed by atoms with Gasteiger partial charge in [-0.3, -0.25) is 4.79 Å². The van der Waals surface area contributed by atoms with Crippen LogP contribution in [0.3, 0.4) is 0 Å².